The van der Waals surface area contributed by atoms with Crippen LogP contribution in [0.15, 0.2) is 36.4 Å². The van der Waals surface area contributed by atoms with Crippen LogP contribution in [0.4, 0.5) is 4.39 Å². The Bertz CT molecular complexity index is 637. The van der Waals surface area contributed by atoms with Crippen molar-refractivity contribution in [1.82, 2.24) is 5.43 Å². The molecule has 0 heterocycles. The quantitative estimate of drug-likeness (QED) is 0.646. The van der Waals surface area contributed by atoms with Crippen molar-refractivity contribution >= 4 is 23.2 Å². The van der Waals surface area contributed by atoms with Crippen LogP contribution in [0, 0.1) is 5.82 Å². The molecular weight excluding hydrogens is 314 g/mol. The Labute approximate surface area is 132 Å². The Morgan fingerprint density at radius 2 is 2.00 bits per heavy atom. The molecule has 0 amide bonds. The molecule has 2 aromatic carbocycles. The van der Waals surface area contributed by atoms with Gasteiger partial charge in [0.25, 0.3) is 0 Å². The van der Waals surface area contributed by atoms with Crippen LogP contribution in [-0.4, -0.2) is 7.11 Å². The molecule has 3 N–H and O–H groups in total. The van der Waals surface area contributed by atoms with Crippen molar-refractivity contribution < 1.29 is 9.13 Å². The molecule has 1 unspecified atom stereocenters. The summed E-state index contributed by atoms with van der Waals surface area (Å²) in [5.74, 6) is 5.37. The van der Waals surface area contributed by atoms with Crippen LogP contribution < -0.4 is 16.0 Å². The van der Waals surface area contributed by atoms with Crippen LogP contribution >= 0.6 is 23.2 Å². The van der Waals surface area contributed by atoms with E-state index < -0.39 is 5.82 Å². The molecule has 0 bridgehead atoms. The molecular formula is C15H15Cl2FN2O. The summed E-state index contributed by atoms with van der Waals surface area (Å²) in [6.45, 7) is 0. The molecule has 0 saturated carbocycles. The number of rotatable bonds is 5. The third-order valence-corrected chi connectivity index (χ3v) is 3.80. The first-order valence-corrected chi connectivity index (χ1v) is 7.04. The highest BCUT2D eigenvalue weighted by Crippen LogP contribution is 2.28. The van der Waals surface area contributed by atoms with Crippen molar-refractivity contribution in [2.45, 2.75) is 12.5 Å². The maximum atomic E-state index is 13.5. The average molecular weight is 329 g/mol. The normalized spacial score (nSPS) is 12.2. The molecule has 0 aromatic heterocycles. The van der Waals surface area contributed by atoms with Crippen LogP contribution in [-0.2, 0) is 6.42 Å². The monoisotopic (exact) mass is 328 g/mol. The van der Waals surface area contributed by atoms with Crippen LogP contribution in [0.3, 0.4) is 0 Å². The van der Waals surface area contributed by atoms with E-state index >= 15 is 0 Å². The van der Waals surface area contributed by atoms with Crippen LogP contribution in [0.2, 0.25) is 10.0 Å². The number of nitrogens with two attached hydrogens (primary N) is 1. The predicted octanol–water partition coefficient (Wildman–Crippen LogP) is 3.89. The average Bonchev–Trinajstić information content (AvgIpc) is 2.47. The third-order valence-electron chi connectivity index (χ3n) is 3.22. The Morgan fingerprint density at radius 1 is 1.24 bits per heavy atom. The van der Waals surface area contributed by atoms with E-state index in [0.717, 1.165) is 11.1 Å². The van der Waals surface area contributed by atoms with Crippen molar-refractivity contribution in [1.29, 1.82) is 0 Å². The van der Waals surface area contributed by atoms with Gasteiger partial charge in [0, 0.05) is 10.0 Å². The first-order chi connectivity index (χ1) is 10.0. The van der Waals surface area contributed by atoms with Gasteiger partial charge in [-0.25, -0.2) is 4.39 Å². The lowest BCUT2D eigenvalue weighted by Crippen LogP contribution is -2.29. The summed E-state index contributed by atoms with van der Waals surface area (Å²) in [7, 11) is 1.42. The summed E-state index contributed by atoms with van der Waals surface area (Å²) in [6.07, 6.45) is 0.543. The highest BCUT2D eigenvalue weighted by atomic mass is 35.5. The molecule has 0 spiro atoms. The van der Waals surface area contributed by atoms with Crippen molar-refractivity contribution in [3.05, 3.63) is 63.4 Å². The third kappa shape index (κ3) is 3.86. The van der Waals surface area contributed by atoms with Gasteiger partial charge < -0.3 is 4.74 Å². The fourth-order valence-corrected chi connectivity index (χ4v) is 2.56. The zero-order valence-electron chi connectivity index (χ0n) is 11.4. The molecule has 0 radical (unpaired) electrons. The molecule has 0 saturated heterocycles. The molecule has 0 aliphatic heterocycles. The number of benzene rings is 2. The first kappa shape index (κ1) is 16.0. The lowest BCUT2D eigenvalue weighted by molar-refractivity contribution is 0.384. The van der Waals surface area contributed by atoms with Crippen LogP contribution in [0.25, 0.3) is 0 Å². The van der Waals surface area contributed by atoms with E-state index in [-0.39, 0.29) is 11.8 Å². The first-order valence-electron chi connectivity index (χ1n) is 6.28. The second-order valence-corrected chi connectivity index (χ2v) is 5.40. The van der Waals surface area contributed by atoms with Crippen molar-refractivity contribution in [3.63, 3.8) is 0 Å². The molecule has 2 aromatic rings. The SMILES string of the molecule is COc1cc(C(Cc2ccc(Cl)cc2Cl)NN)ccc1F. The van der Waals surface area contributed by atoms with Crippen LogP contribution in [0.1, 0.15) is 17.2 Å². The predicted molar refractivity (Wildman–Crippen MR) is 83.2 cm³/mol. The van der Waals surface area contributed by atoms with E-state index in [2.05, 4.69) is 5.43 Å². The Balaban J connectivity index is 2.27. The number of halogens is 3. The molecule has 0 fully saturated rings. The minimum Gasteiger partial charge on any atom is -0.494 e. The van der Waals surface area contributed by atoms with Gasteiger partial charge in [-0.1, -0.05) is 35.3 Å². The molecule has 112 valence electrons. The standard InChI is InChI=1S/C15H15Cl2FN2O/c1-21-15-7-10(3-5-13(15)18)14(20-19)6-9-2-4-11(16)8-12(9)17/h2-5,7-8,14,20H,6,19H2,1H3. The van der Waals surface area contributed by atoms with Gasteiger partial charge in [-0.2, -0.15) is 0 Å². The number of hydrogen-bond donors (Lipinski definition) is 2. The topological polar surface area (TPSA) is 47.3 Å². The van der Waals surface area contributed by atoms with Crippen LogP contribution in [0.5, 0.6) is 5.75 Å². The fourth-order valence-electron chi connectivity index (χ4n) is 2.07. The fraction of sp³-hybridized carbons (Fsp3) is 0.200. The largest absolute Gasteiger partial charge is 0.494 e. The summed E-state index contributed by atoms with van der Waals surface area (Å²) < 4.78 is 18.4. The smallest absolute Gasteiger partial charge is 0.165 e. The minimum absolute atomic E-state index is 0.176. The van der Waals surface area contributed by atoms with E-state index in [1.165, 1.54) is 13.2 Å². The summed E-state index contributed by atoms with van der Waals surface area (Å²) in [4.78, 5) is 0. The highest BCUT2D eigenvalue weighted by molar-refractivity contribution is 6.35. The van der Waals surface area contributed by atoms with Gasteiger partial charge in [-0.15, -0.1) is 0 Å². The number of hydrazine groups is 1. The van der Waals surface area contributed by atoms with Gasteiger partial charge in [0.05, 0.1) is 13.2 Å². The van der Waals surface area contributed by atoms with E-state index in [9.17, 15) is 4.39 Å². The number of hydrogen-bond acceptors (Lipinski definition) is 3. The molecule has 21 heavy (non-hydrogen) atoms. The molecule has 3 nitrogen and oxygen atoms in total. The van der Waals surface area contributed by atoms with E-state index in [1.807, 2.05) is 6.07 Å². The summed E-state index contributed by atoms with van der Waals surface area (Å²) >= 11 is 12.0. The maximum Gasteiger partial charge on any atom is 0.165 e. The lowest BCUT2D eigenvalue weighted by atomic mass is 9.99. The second kappa shape index (κ2) is 7.09. The van der Waals surface area contributed by atoms with Gasteiger partial charge in [0.15, 0.2) is 11.6 Å². The molecule has 2 rings (SSSR count). The van der Waals surface area contributed by atoms with Gasteiger partial charge in [-0.05, 0) is 41.8 Å². The zero-order valence-corrected chi connectivity index (χ0v) is 12.9. The maximum absolute atomic E-state index is 13.5. The van der Waals surface area contributed by atoms with Gasteiger partial charge in [0.1, 0.15) is 0 Å². The van der Waals surface area contributed by atoms with Gasteiger partial charge in [0.2, 0.25) is 0 Å². The Hall–Kier alpha value is -1.33. The molecule has 0 aliphatic rings. The lowest BCUT2D eigenvalue weighted by Gasteiger charge is -2.18. The Morgan fingerprint density at radius 3 is 2.62 bits per heavy atom. The summed E-state index contributed by atoms with van der Waals surface area (Å²) in [5.41, 5.74) is 4.41. The number of ether oxygens (including phenoxy) is 1. The van der Waals surface area contributed by atoms with Gasteiger partial charge >= 0.3 is 0 Å². The minimum atomic E-state index is -0.415. The Kier molecular flexibility index (Phi) is 5.42. The van der Waals surface area contributed by atoms with E-state index in [1.54, 1.807) is 24.3 Å². The summed E-state index contributed by atoms with van der Waals surface area (Å²) in [5, 5.41) is 1.14. The summed E-state index contributed by atoms with van der Waals surface area (Å²) in [6, 6.07) is 9.69. The van der Waals surface area contributed by atoms with Crippen molar-refractivity contribution in [3.8, 4) is 5.75 Å². The molecule has 0 aliphatic carbocycles. The van der Waals surface area contributed by atoms with E-state index in [0.29, 0.717) is 16.5 Å². The van der Waals surface area contributed by atoms with Gasteiger partial charge in [-0.3, -0.25) is 11.3 Å². The number of nitrogens with one attached hydrogen (secondary N) is 1. The highest BCUT2D eigenvalue weighted by Gasteiger charge is 2.15. The zero-order chi connectivity index (χ0) is 15.4. The van der Waals surface area contributed by atoms with Crippen molar-refractivity contribution in [2.75, 3.05) is 7.11 Å². The van der Waals surface area contributed by atoms with E-state index in [4.69, 9.17) is 33.8 Å². The number of methoxy groups -OCH3 is 1. The van der Waals surface area contributed by atoms with Crippen molar-refractivity contribution in [2.24, 2.45) is 5.84 Å². The molecule has 1 atom stereocenters. The molecule has 6 heteroatoms. The second-order valence-electron chi connectivity index (χ2n) is 4.55.